The quantitative estimate of drug-likeness (QED) is 0.439. The van der Waals surface area contributed by atoms with Gasteiger partial charge in [-0.2, -0.15) is 0 Å². The topological polar surface area (TPSA) is 54.4 Å². The molecule has 4 aliphatic rings. The number of hydrogen-bond acceptors (Lipinski definition) is 2. The van der Waals surface area contributed by atoms with E-state index in [2.05, 4.69) is 66.7 Å². The lowest BCUT2D eigenvalue weighted by molar-refractivity contribution is -0.146. The van der Waals surface area contributed by atoms with E-state index in [9.17, 15) is 14.7 Å². The fourth-order valence-corrected chi connectivity index (χ4v) is 8.54. The number of aliphatic carboxylic acids is 1. The van der Waals surface area contributed by atoms with Gasteiger partial charge in [0.2, 0.25) is 0 Å². The van der Waals surface area contributed by atoms with Crippen LogP contribution in [-0.4, -0.2) is 16.9 Å². The number of rotatable bonds is 5. The summed E-state index contributed by atoms with van der Waals surface area (Å²) in [5, 5.41) is 10.2. The van der Waals surface area contributed by atoms with Crippen molar-refractivity contribution in [2.45, 2.75) is 99.8 Å². The summed E-state index contributed by atoms with van der Waals surface area (Å²) >= 11 is 0. The summed E-state index contributed by atoms with van der Waals surface area (Å²) in [5.41, 5.74) is 3.95. The molecule has 0 aromatic carbocycles. The zero-order valence-corrected chi connectivity index (χ0v) is 21.9. The molecule has 2 saturated carbocycles. The van der Waals surface area contributed by atoms with Crippen molar-refractivity contribution in [2.24, 2.45) is 39.4 Å². The maximum absolute atomic E-state index is 12.8. The summed E-state index contributed by atoms with van der Waals surface area (Å²) in [6.45, 7) is 15.7. The van der Waals surface area contributed by atoms with Gasteiger partial charge in [0.15, 0.2) is 0 Å². The van der Waals surface area contributed by atoms with Crippen LogP contribution in [0, 0.1) is 39.4 Å². The van der Waals surface area contributed by atoms with Gasteiger partial charge >= 0.3 is 5.97 Å². The molecule has 3 heteroatoms. The molecule has 0 saturated heterocycles. The summed E-state index contributed by atoms with van der Waals surface area (Å²) < 4.78 is 0. The van der Waals surface area contributed by atoms with Gasteiger partial charge in [-0.1, -0.05) is 58.4 Å². The predicted molar refractivity (Wildman–Crippen MR) is 134 cm³/mol. The molecule has 4 rings (SSSR count). The molecule has 0 spiro atoms. The van der Waals surface area contributed by atoms with E-state index in [1.165, 1.54) is 16.7 Å². The molecule has 33 heavy (non-hydrogen) atoms. The van der Waals surface area contributed by atoms with Gasteiger partial charge in [0, 0.05) is 11.8 Å². The van der Waals surface area contributed by atoms with Crippen molar-refractivity contribution in [3.05, 3.63) is 34.9 Å². The van der Waals surface area contributed by atoms with Crippen molar-refractivity contribution in [3.8, 4) is 0 Å². The zero-order chi connectivity index (χ0) is 24.4. The van der Waals surface area contributed by atoms with Gasteiger partial charge in [0.25, 0.3) is 0 Å². The lowest BCUT2D eigenvalue weighted by Gasteiger charge is -2.59. The Morgan fingerprint density at radius 2 is 1.82 bits per heavy atom. The second-order valence-corrected chi connectivity index (χ2v) is 13.0. The maximum Gasteiger partial charge on any atom is 0.306 e. The number of ketones is 1. The largest absolute Gasteiger partial charge is 0.481 e. The molecule has 1 N–H and O–H groups in total. The SMILES string of the molecule is CC(C)=CCC[C@H](C(=O)O)[C@H]1CC[C@@]2(C)C3=CC[C@H]4C(C)(C)C(=O)CC[C@]4(C)C3=CC[C@]12C. The number of fused-ring (bicyclic) bond motifs is 5. The average Bonchev–Trinajstić information content (AvgIpc) is 3.00. The Kier molecular flexibility index (Phi) is 5.90. The predicted octanol–water partition coefficient (Wildman–Crippen LogP) is 7.53. The van der Waals surface area contributed by atoms with E-state index < -0.39 is 5.97 Å². The Hall–Kier alpha value is -1.64. The minimum Gasteiger partial charge on any atom is -0.481 e. The second-order valence-electron chi connectivity index (χ2n) is 13.0. The molecule has 182 valence electrons. The van der Waals surface area contributed by atoms with Crippen molar-refractivity contribution >= 4 is 11.8 Å². The van der Waals surface area contributed by atoms with Crippen LogP contribution in [0.5, 0.6) is 0 Å². The number of carboxylic acids is 1. The zero-order valence-electron chi connectivity index (χ0n) is 21.9. The lowest BCUT2D eigenvalue weighted by atomic mass is 9.44. The highest BCUT2D eigenvalue weighted by molar-refractivity contribution is 5.86. The normalized spacial score (nSPS) is 40.0. The van der Waals surface area contributed by atoms with E-state index in [4.69, 9.17) is 0 Å². The Morgan fingerprint density at radius 1 is 1.12 bits per heavy atom. The summed E-state index contributed by atoms with van der Waals surface area (Å²) in [5.74, 6) is 0.0398. The molecule has 0 heterocycles. The molecule has 4 aliphatic carbocycles. The van der Waals surface area contributed by atoms with Crippen molar-refractivity contribution in [1.82, 2.24) is 0 Å². The van der Waals surface area contributed by atoms with Crippen LogP contribution in [0.2, 0.25) is 0 Å². The number of carboxylic acid groups (broad SMARTS) is 1. The van der Waals surface area contributed by atoms with E-state index in [0.29, 0.717) is 18.1 Å². The van der Waals surface area contributed by atoms with Crippen molar-refractivity contribution in [2.75, 3.05) is 0 Å². The van der Waals surface area contributed by atoms with Crippen molar-refractivity contribution in [3.63, 3.8) is 0 Å². The standard InChI is InChI=1S/C30H44O3/c1-19(2)9-8-10-20(26(32)33)21-13-17-30(7)23-11-12-24-27(3,4)25(31)15-16-28(24,5)22(23)14-18-29(21,30)6/h9,11,14,20-21,24H,8,10,12-13,15-18H2,1-7H3,(H,32,33)/t20-,21+,24-,28+,29+,30-/m0/s1. The first kappa shape index (κ1) is 24.5. The first-order chi connectivity index (χ1) is 15.3. The molecule has 3 nitrogen and oxygen atoms in total. The Bertz CT molecular complexity index is 946. The lowest BCUT2D eigenvalue weighted by Crippen LogP contribution is -2.53. The molecule has 0 aromatic heterocycles. The van der Waals surface area contributed by atoms with Crippen molar-refractivity contribution < 1.29 is 14.7 Å². The summed E-state index contributed by atoms with van der Waals surface area (Å²) in [6, 6.07) is 0. The molecular weight excluding hydrogens is 408 g/mol. The third-order valence-corrected chi connectivity index (χ3v) is 10.9. The third-order valence-electron chi connectivity index (χ3n) is 10.9. The van der Waals surface area contributed by atoms with Crippen LogP contribution < -0.4 is 0 Å². The highest BCUT2D eigenvalue weighted by atomic mass is 16.4. The van der Waals surface area contributed by atoms with Gasteiger partial charge in [-0.05, 0) is 98.0 Å². The van der Waals surface area contributed by atoms with E-state index in [-0.39, 0.29) is 33.5 Å². The molecule has 0 radical (unpaired) electrons. The fraction of sp³-hybridized carbons (Fsp3) is 0.733. The first-order valence-corrected chi connectivity index (χ1v) is 13.1. The Balaban J connectivity index is 1.71. The average molecular weight is 453 g/mol. The highest BCUT2D eigenvalue weighted by Gasteiger charge is 2.63. The van der Waals surface area contributed by atoms with E-state index >= 15 is 0 Å². The number of Topliss-reactive ketones (excluding diaryl/α,β-unsaturated/α-hetero) is 1. The van der Waals surface area contributed by atoms with Crippen LogP contribution in [0.3, 0.4) is 0 Å². The fourth-order valence-electron chi connectivity index (χ4n) is 8.54. The van der Waals surface area contributed by atoms with E-state index in [0.717, 1.165) is 44.9 Å². The highest BCUT2D eigenvalue weighted by Crippen LogP contribution is 2.71. The number of hydrogen-bond donors (Lipinski definition) is 1. The maximum atomic E-state index is 12.8. The van der Waals surface area contributed by atoms with Gasteiger partial charge in [-0.25, -0.2) is 0 Å². The van der Waals surface area contributed by atoms with Crippen LogP contribution in [0.25, 0.3) is 0 Å². The van der Waals surface area contributed by atoms with Crippen LogP contribution in [0.15, 0.2) is 34.9 Å². The smallest absolute Gasteiger partial charge is 0.306 e. The van der Waals surface area contributed by atoms with Gasteiger partial charge in [0.1, 0.15) is 5.78 Å². The number of allylic oxidation sites excluding steroid dienone is 6. The Labute approximate surface area is 200 Å². The summed E-state index contributed by atoms with van der Waals surface area (Å²) in [6.07, 6.45) is 14.3. The number of carbonyl (C=O) groups excluding carboxylic acids is 1. The second kappa shape index (κ2) is 7.95. The number of carbonyl (C=O) groups is 2. The molecule has 6 atom stereocenters. The summed E-state index contributed by atoms with van der Waals surface area (Å²) in [4.78, 5) is 25.2. The minimum atomic E-state index is -0.625. The Morgan fingerprint density at radius 3 is 2.45 bits per heavy atom. The van der Waals surface area contributed by atoms with Gasteiger partial charge in [0.05, 0.1) is 5.92 Å². The van der Waals surface area contributed by atoms with E-state index in [1.54, 1.807) is 0 Å². The van der Waals surface area contributed by atoms with Crippen LogP contribution >= 0.6 is 0 Å². The molecule has 2 fully saturated rings. The molecule has 0 amide bonds. The molecular formula is C30H44O3. The minimum absolute atomic E-state index is 0.00550. The van der Waals surface area contributed by atoms with Gasteiger partial charge < -0.3 is 5.11 Å². The molecule has 0 aliphatic heterocycles. The van der Waals surface area contributed by atoms with Crippen LogP contribution in [-0.2, 0) is 9.59 Å². The molecule has 0 aromatic rings. The van der Waals surface area contributed by atoms with Gasteiger partial charge in [-0.3, -0.25) is 9.59 Å². The monoisotopic (exact) mass is 452 g/mol. The van der Waals surface area contributed by atoms with E-state index in [1.807, 2.05) is 0 Å². The first-order valence-electron chi connectivity index (χ1n) is 13.1. The van der Waals surface area contributed by atoms with Crippen LogP contribution in [0.1, 0.15) is 99.8 Å². The molecule has 0 unspecified atom stereocenters. The van der Waals surface area contributed by atoms with Crippen LogP contribution in [0.4, 0.5) is 0 Å². The summed E-state index contributed by atoms with van der Waals surface area (Å²) in [7, 11) is 0. The molecule has 0 bridgehead atoms. The van der Waals surface area contributed by atoms with Crippen molar-refractivity contribution in [1.29, 1.82) is 0 Å². The van der Waals surface area contributed by atoms with Gasteiger partial charge in [-0.15, -0.1) is 0 Å². The third kappa shape index (κ3) is 3.43.